The first kappa shape index (κ1) is 30.1. The van der Waals surface area contributed by atoms with Gasteiger partial charge in [0.25, 0.3) is 5.56 Å². The molecule has 12 nitrogen and oxygen atoms in total. The van der Waals surface area contributed by atoms with Crippen LogP contribution in [0.4, 0.5) is 10.3 Å². The molecule has 0 amide bonds. The Kier molecular flexibility index (Phi) is 8.96. The predicted molar refractivity (Wildman–Crippen MR) is 161 cm³/mol. The Labute approximate surface area is 245 Å². The van der Waals surface area contributed by atoms with Crippen molar-refractivity contribution < 1.29 is 18.0 Å². The first-order chi connectivity index (χ1) is 20.2. The highest BCUT2D eigenvalue weighted by Crippen LogP contribution is 2.44. The summed E-state index contributed by atoms with van der Waals surface area (Å²) in [4.78, 5) is 38.5. The zero-order valence-corrected chi connectivity index (χ0v) is 25.6. The lowest BCUT2D eigenvalue weighted by atomic mass is 10.1. The standard InChI is InChI=1S/C27H33FN7O5PS/c1-5-8-14-34-23-24(30-26(34)33-13-9-10-19(16-33)31-41(38,39-6-2)40-7-3)32(4)27(37)35(25(23)36)17-22-29-20-15-18(28)11-12-21(20)42-22/h11-12,15,19H,6-7,9-10,13-14,16-17H2,1-4H3,(H,31,38)/t19-/m1/s1. The molecule has 1 N–H and O–H groups in total. The van der Waals surface area contributed by atoms with Crippen molar-refractivity contribution in [2.75, 3.05) is 31.2 Å². The summed E-state index contributed by atoms with van der Waals surface area (Å²) in [5.41, 5.74) is -0.100. The number of imidazole rings is 1. The number of thiazole rings is 1. The molecule has 0 spiro atoms. The van der Waals surface area contributed by atoms with Gasteiger partial charge in [0.15, 0.2) is 11.2 Å². The Morgan fingerprint density at radius 3 is 2.67 bits per heavy atom. The highest BCUT2D eigenvalue weighted by atomic mass is 32.1. The van der Waals surface area contributed by atoms with Crippen LogP contribution < -0.4 is 21.2 Å². The number of aryl methyl sites for hydroxylation is 1. The van der Waals surface area contributed by atoms with Gasteiger partial charge in [0.05, 0.1) is 36.5 Å². The van der Waals surface area contributed by atoms with Crippen molar-refractivity contribution in [1.29, 1.82) is 0 Å². The second-order valence-corrected chi connectivity index (χ2v) is 12.7. The van der Waals surface area contributed by atoms with Crippen LogP contribution in [-0.2, 0) is 33.7 Å². The SMILES string of the molecule is CC#CCn1c(N2CCC[C@@H](NP(=O)(OCC)OCC)C2)nc2c1c(=O)n(Cc1nc3cc(F)ccc3s1)c(=O)n2C. The monoisotopic (exact) mass is 617 g/mol. The summed E-state index contributed by atoms with van der Waals surface area (Å²) in [5.74, 6) is 5.98. The number of nitrogens with one attached hydrogen (secondary N) is 1. The molecule has 5 rings (SSSR count). The van der Waals surface area contributed by atoms with Gasteiger partial charge in [0.2, 0.25) is 5.95 Å². The third kappa shape index (κ3) is 5.93. The van der Waals surface area contributed by atoms with Gasteiger partial charge >= 0.3 is 13.4 Å². The van der Waals surface area contributed by atoms with Crippen molar-refractivity contribution in [1.82, 2.24) is 28.8 Å². The van der Waals surface area contributed by atoms with Gasteiger partial charge in [-0.2, -0.15) is 4.98 Å². The maximum absolute atomic E-state index is 13.9. The fraction of sp³-hybridized carbons (Fsp3) is 0.481. The molecule has 3 aromatic heterocycles. The van der Waals surface area contributed by atoms with Crippen LogP contribution in [0, 0.1) is 17.7 Å². The van der Waals surface area contributed by atoms with Crippen LogP contribution in [0.1, 0.15) is 38.6 Å². The van der Waals surface area contributed by atoms with E-state index < -0.39 is 24.8 Å². The molecule has 42 heavy (non-hydrogen) atoms. The Bertz CT molecular complexity index is 1840. The van der Waals surface area contributed by atoms with E-state index >= 15 is 0 Å². The minimum Gasteiger partial charge on any atom is -0.341 e. The fourth-order valence-corrected chi connectivity index (χ4v) is 7.64. The zero-order valence-electron chi connectivity index (χ0n) is 23.9. The van der Waals surface area contributed by atoms with Gasteiger partial charge in [-0.1, -0.05) is 5.92 Å². The Morgan fingerprint density at radius 1 is 1.19 bits per heavy atom. The second-order valence-electron chi connectivity index (χ2n) is 9.80. The van der Waals surface area contributed by atoms with Crippen LogP contribution in [0.5, 0.6) is 0 Å². The van der Waals surface area contributed by atoms with Gasteiger partial charge in [-0.05, 0) is 45.7 Å². The third-order valence-corrected chi connectivity index (χ3v) is 9.86. The summed E-state index contributed by atoms with van der Waals surface area (Å²) in [7, 11) is -1.92. The number of fused-ring (bicyclic) bond motifs is 2. The van der Waals surface area contributed by atoms with E-state index in [2.05, 4.69) is 21.9 Å². The molecule has 1 saturated heterocycles. The van der Waals surface area contributed by atoms with Crippen molar-refractivity contribution in [2.24, 2.45) is 7.05 Å². The van der Waals surface area contributed by atoms with E-state index in [-0.39, 0.29) is 43.5 Å². The first-order valence-corrected chi connectivity index (χ1v) is 16.1. The zero-order chi connectivity index (χ0) is 30.0. The van der Waals surface area contributed by atoms with E-state index in [0.29, 0.717) is 29.6 Å². The van der Waals surface area contributed by atoms with Gasteiger partial charge in [-0.3, -0.25) is 27.5 Å². The first-order valence-electron chi connectivity index (χ1n) is 13.7. The molecule has 4 aromatic rings. The smallest absolute Gasteiger partial charge is 0.341 e. The number of piperidine rings is 1. The Hall–Kier alpha value is -3.34. The average Bonchev–Trinajstić information content (AvgIpc) is 3.54. The number of nitrogens with zero attached hydrogens (tertiary/aromatic N) is 6. The second kappa shape index (κ2) is 12.5. The summed E-state index contributed by atoms with van der Waals surface area (Å²) in [6, 6.07) is 4.08. The minimum atomic E-state index is -3.49. The van der Waals surface area contributed by atoms with Crippen molar-refractivity contribution >= 4 is 46.4 Å². The van der Waals surface area contributed by atoms with E-state index in [4.69, 9.17) is 14.0 Å². The topological polar surface area (TPSA) is 126 Å². The quantitative estimate of drug-likeness (QED) is 0.210. The fourth-order valence-electron chi connectivity index (χ4n) is 5.14. The molecule has 1 aliphatic heterocycles. The van der Waals surface area contributed by atoms with Crippen molar-refractivity contribution in [3.05, 3.63) is 49.9 Å². The van der Waals surface area contributed by atoms with Crippen molar-refractivity contribution in [3.63, 3.8) is 0 Å². The molecule has 0 aliphatic carbocycles. The molecule has 4 heterocycles. The number of hydrogen-bond donors (Lipinski definition) is 1. The normalized spacial score (nSPS) is 15.8. The van der Waals surface area contributed by atoms with Crippen LogP contribution in [0.15, 0.2) is 27.8 Å². The number of hydrogen-bond acceptors (Lipinski definition) is 9. The van der Waals surface area contributed by atoms with E-state index in [1.54, 1.807) is 38.5 Å². The van der Waals surface area contributed by atoms with Gasteiger partial charge in [-0.25, -0.2) is 23.8 Å². The highest BCUT2D eigenvalue weighted by Gasteiger charge is 2.32. The average molecular weight is 618 g/mol. The molecular formula is C27H33FN7O5PS. The lowest BCUT2D eigenvalue weighted by Gasteiger charge is -2.35. The minimum absolute atomic E-state index is 0.0672. The predicted octanol–water partition coefficient (Wildman–Crippen LogP) is 3.46. The van der Waals surface area contributed by atoms with Gasteiger partial charge in [0, 0.05) is 32.2 Å². The molecule has 0 radical (unpaired) electrons. The van der Waals surface area contributed by atoms with Crippen molar-refractivity contribution in [3.8, 4) is 11.8 Å². The summed E-state index contributed by atoms with van der Waals surface area (Å²) in [6.07, 6.45) is 1.51. The molecule has 1 aliphatic rings. The van der Waals surface area contributed by atoms with Crippen LogP contribution in [-0.4, -0.2) is 56.0 Å². The number of anilines is 1. The molecule has 224 valence electrons. The third-order valence-electron chi connectivity index (χ3n) is 6.96. The molecule has 0 unspecified atom stereocenters. The Morgan fingerprint density at radius 2 is 1.95 bits per heavy atom. The van der Waals surface area contributed by atoms with Gasteiger partial charge in [0.1, 0.15) is 10.8 Å². The number of benzene rings is 1. The number of rotatable bonds is 10. The van der Waals surface area contributed by atoms with E-state index in [1.807, 2.05) is 4.90 Å². The summed E-state index contributed by atoms with van der Waals surface area (Å²) >= 11 is 1.30. The van der Waals surface area contributed by atoms with Crippen LogP contribution in [0.2, 0.25) is 0 Å². The lowest BCUT2D eigenvalue weighted by Crippen LogP contribution is -2.46. The molecule has 0 bridgehead atoms. The van der Waals surface area contributed by atoms with Gasteiger partial charge in [-0.15, -0.1) is 17.3 Å². The van der Waals surface area contributed by atoms with Crippen LogP contribution >= 0.6 is 19.1 Å². The maximum Gasteiger partial charge on any atom is 0.405 e. The molecule has 15 heteroatoms. The van der Waals surface area contributed by atoms with Gasteiger partial charge < -0.3 is 4.90 Å². The van der Waals surface area contributed by atoms with Crippen LogP contribution in [0.3, 0.4) is 0 Å². The summed E-state index contributed by atoms with van der Waals surface area (Å²) in [6.45, 7) is 6.87. The Balaban J connectivity index is 1.55. The molecule has 0 saturated carbocycles. The van der Waals surface area contributed by atoms with E-state index in [9.17, 15) is 18.5 Å². The largest absolute Gasteiger partial charge is 0.405 e. The molecule has 1 aromatic carbocycles. The maximum atomic E-state index is 13.9. The molecular weight excluding hydrogens is 584 g/mol. The molecule has 1 fully saturated rings. The summed E-state index contributed by atoms with van der Waals surface area (Å²) < 4.78 is 42.7. The van der Waals surface area contributed by atoms with Crippen molar-refractivity contribution in [2.45, 2.75) is 52.7 Å². The lowest BCUT2D eigenvalue weighted by molar-refractivity contribution is 0.204. The number of halogens is 1. The number of aromatic nitrogens is 5. The van der Waals surface area contributed by atoms with Crippen LogP contribution in [0.25, 0.3) is 21.4 Å². The summed E-state index contributed by atoms with van der Waals surface area (Å²) in [5, 5.41) is 3.57. The van der Waals surface area contributed by atoms with E-state index in [1.165, 1.54) is 28.0 Å². The molecule has 1 atom stereocenters. The van der Waals surface area contributed by atoms with E-state index in [0.717, 1.165) is 22.1 Å². The highest BCUT2D eigenvalue weighted by molar-refractivity contribution is 7.51.